The van der Waals surface area contributed by atoms with E-state index in [1.807, 2.05) is 0 Å². The number of nitrogens with one attached hydrogen (secondary N) is 2. The molecule has 9 nitrogen and oxygen atoms in total. The number of urea groups is 1. The number of hydrogen-bond acceptors (Lipinski definition) is 5. The number of ether oxygens (including phenoxy) is 1. The van der Waals surface area contributed by atoms with E-state index in [-0.39, 0.29) is 42.6 Å². The minimum atomic E-state index is -0.493. The molecule has 9 heteroatoms. The number of nitrogens with zero attached hydrogens (tertiary/aromatic N) is 2. The maximum Gasteiger partial charge on any atom is 0.332 e. The van der Waals surface area contributed by atoms with Gasteiger partial charge in [-0.15, -0.1) is 0 Å². The summed E-state index contributed by atoms with van der Waals surface area (Å²) in [7, 11) is 1.57. The summed E-state index contributed by atoms with van der Waals surface area (Å²) in [5.74, 6) is -0.283. The summed E-state index contributed by atoms with van der Waals surface area (Å²) in [6.45, 7) is 2.57. The van der Waals surface area contributed by atoms with Crippen molar-refractivity contribution in [3.8, 4) is 5.75 Å². The van der Waals surface area contributed by atoms with Crippen molar-refractivity contribution in [2.45, 2.75) is 57.9 Å². The van der Waals surface area contributed by atoms with Crippen LogP contribution in [0.15, 0.2) is 48.5 Å². The van der Waals surface area contributed by atoms with Gasteiger partial charge >= 0.3 is 6.03 Å². The van der Waals surface area contributed by atoms with Gasteiger partial charge in [-0.05, 0) is 61.2 Å². The lowest BCUT2D eigenvalue weighted by Crippen LogP contribution is -2.64. The van der Waals surface area contributed by atoms with Crippen molar-refractivity contribution >= 4 is 35.1 Å². The topological polar surface area (TPSA) is 108 Å². The number of imide groups is 1. The third-order valence-corrected chi connectivity index (χ3v) is 7.20. The molecule has 0 bridgehead atoms. The Morgan fingerprint density at radius 1 is 0.974 bits per heavy atom. The highest BCUT2D eigenvalue weighted by Crippen LogP contribution is 2.36. The first-order valence-electron chi connectivity index (χ1n) is 13.4. The van der Waals surface area contributed by atoms with Crippen LogP contribution < -0.4 is 20.3 Å². The molecule has 0 aromatic heterocycles. The molecule has 1 aliphatic heterocycles. The number of carbonyl (C=O) groups excluding carboxylic acids is 4. The number of hydrogen-bond donors (Lipinski definition) is 2. The average Bonchev–Trinajstić information content (AvgIpc) is 2.92. The van der Waals surface area contributed by atoms with Gasteiger partial charge in [-0.3, -0.25) is 14.4 Å². The maximum atomic E-state index is 13.6. The van der Waals surface area contributed by atoms with Crippen LogP contribution in [0.2, 0.25) is 0 Å². The van der Waals surface area contributed by atoms with Crippen LogP contribution in [-0.2, 0) is 20.8 Å². The fourth-order valence-corrected chi connectivity index (χ4v) is 5.17. The summed E-state index contributed by atoms with van der Waals surface area (Å²) in [6.07, 6.45) is 5.36. The maximum absolute atomic E-state index is 13.6. The molecule has 1 heterocycles. The van der Waals surface area contributed by atoms with Gasteiger partial charge in [0.05, 0.1) is 25.1 Å². The van der Waals surface area contributed by atoms with Gasteiger partial charge in [-0.1, -0.05) is 38.3 Å². The highest BCUT2D eigenvalue weighted by molar-refractivity contribution is 6.17. The number of rotatable bonds is 10. The predicted molar refractivity (Wildman–Crippen MR) is 145 cm³/mol. The molecule has 1 saturated heterocycles. The number of anilines is 2. The molecule has 38 heavy (non-hydrogen) atoms. The van der Waals surface area contributed by atoms with E-state index in [0.29, 0.717) is 36.5 Å². The van der Waals surface area contributed by atoms with E-state index in [1.54, 1.807) is 60.5 Å². The van der Waals surface area contributed by atoms with Crippen molar-refractivity contribution in [1.29, 1.82) is 0 Å². The third-order valence-electron chi connectivity index (χ3n) is 7.20. The molecule has 202 valence electrons. The molecule has 0 radical (unpaired) electrons. The van der Waals surface area contributed by atoms with Crippen molar-refractivity contribution < 1.29 is 23.9 Å². The normalized spacial score (nSPS) is 19.1. The molecule has 2 aromatic carbocycles. The van der Waals surface area contributed by atoms with E-state index in [9.17, 15) is 19.2 Å². The van der Waals surface area contributed by atoms with E-state index in [4.69, 9.17) is 4.74 Å². The Morgan fingerprint density at radius 2 is 1.68 bits per heavy atom. The van der Waals surface area contributed by atoms with Crippen LogP contribution in [0.25, 0.3) is 0 Å². The van der Waals surface area contributed by atoms with Gasteiger partial charge < -0.3 is 20.3 Å². The van der Waals surface area contributed by atoms with Crippen LogP contribution >= 0.6 is 0 Å². The molecule has 5 amide bonds. The molecule has 1 aliphatic carbocycles. The second-order valence-electron chi connectivity index (χ2n) is 9.87. The van der Waals surface area contributed by atoms with Crippen molar-refractivity contribution in [3.05, 3.63) is 54.1 Å². The molecule has 4 rings (SSSR count). The fraction of sp³-hybridized carbons (Fsp3) is 0.448. The molecule has 1 saturated carbocycles. The van der Waals surface area contributed by atoms with E-state index in [1.165, 1.54) is 4.90 Å². The van der Waals surface area contributed by atoms with Crippen molar-refractivity contribution in [2.75, 3.05) is 30.4 Å². The first kappa shape index (κ1) is 27.2. The second kappa shape index (κ2) is 12.6. The number of unbranched alkanes of at least 4 members (excludes halogenated alkanes) is 1. The molecular weight excluding hydrogens is 484 g/mol. The highest BCUT2D eigenvalue weighted by Gasteiger charge is 2.48. The van der Waals surface area contributed by atoms with Gasteiger partial charge in [0.2, 0.25) is 17.7 Å². The summed E-state index contributed by atoms with van der Waals surface area (Å²) < 4.78 is 5.16. The zero-order valence-corrected chi connectivity index (χ0v) is 22.1. The van der Waals surface area contributed by atoms with Gasteiger partial charge in [0.15, 0.2) is 0 Å². The first-order chi connectivity index (χ1) is 18.4. The largest absolute Gasteiger partial charge is 0.497 e. The zero-order chi connectivity index (χ0) is 27.1. The van der Waals surface area contributed by atoms with E-state index in [2.05, 4.69) is 17.6 Å². The van der Waals surface area contributed by atoms with Crippen LogP contribution in [0.5, 0.6) is 5.75 Å². The minimum Gasteiger partial charge on any atom is -0.497 e. The molecule has 2 aromatic rings. The van der Waals surface area contributed by atoms with E-state index >= 15 is 0 Å². The Balaban J connectivity index is 1.48. The Labute approximate surface area is 223 Å². The number of methoxy groups -OCH3 is 1. The highest BCUT2D eigenvalue weighted by atomic mass is 16.5. The molecule has 2 N–H and O–H groups in total. The number of carbonyl (C=O) groups is 4. The van der Waals surface area contributed by atoms with Crippen LogP contribution in [0.4, 0.5) is 16.2 Å². The zero-order valence-electron chi connectivity index (χ0n) is 22.1. The predicted octanol–water partition coefficient (Wildman–Crippen LogP) is 4.12. The third kappa shape index (κ3) is 6.33. The van der Waals surface area contributed by atoms with Gasteiger partial charge in [0.1, 0.15) is 12.3 Å². The SMILES string of the molecule is CCCCNC(=O)Cc1ccc(N2C(=O)C3CCCCC3N(CC(=O)Nc3ccc(OC)cc3)C2=O)cc1. The van der Waals surface area contributed by atoms with Crippen LogP contribution in [0.1, 0.15) is 51.0 Å². The smallest absolute Gasteiger partial charge is 0.332 e. The summed E-state index contributed by atoms with van der Waals surface area (Å²) in [5, 5.41) is 5.73. The number of fused-ring (bicyclic) bond motifs is 1. The van der Waals surface area contributed by atoms with Crippen molar-refractivity contribution in [1.82, 2.24) is 10.2 Å². The summed E-state index contributed by atoms with van der Waals surface area (Å²) in [5.41, 5.74) is 1.84. The Kier molecular flexibility index (Phi) is 8.99. The Morgan fingerprint density at radius 3 is 2.37 bits per heavy atom. The molecule has 2 fully saturated rings. The monoisotopic (exact) mass is 520 g/mol. The summed E-state index contributed by atoms with van der Waals surface area (Å²) in [4.78, 5) is 54.9. The van der Waals surface area contributed by atoms with Crippen molar-refractivity contribution in [3.63, 3.8) is 0 Å². The average molecular weight is 521 g/mol. The number of amides is 5. The van der Waals surface area contributed by atoms with E-state index in [0.717, 1.165) is 31.2 Å². The number of benzene rings is 2. The van der Waals surface area contributed by atoms with E-state index < -0.39 is 6.03 Å². The lowest BCUT2D eigenvalue weighted by molar-refractivity contribution is -0.128. The molecule has 2 unspecified atom stereocenters. The Bertz CT molecular complexity index is 1150. The summed E-state index contributed by atoms with van der Waals surface area (Å²) in [6, 6.07) is 13.1. The van der Waals surface area contributed by atoms with Gasteiger partial charge in [-0.2, -0.15) is 0 Å². The second-order valence-corrected chi connectivity index (χ2v) is 9.87. The molecule has 0 spiro atoms. The minimum absolute atomic E-state index is 0.0598. The molecular formula is C29H36N4O5. The first-order valence-corrected chi connectivity index (χ1v) is 13.4. The lowest BCUT2D eigenvalue weighted by Gasteiger charge is -2.46. The fourth-order valence-electron chi connectivity index (χ4n) is 5.17. The van der Waals surface area contributed by atoms with Crippen LogP contribution in [-0.4, -0.2) is 54.9 Å². The van der Waals surface area contributed by atoms with Crippen molar-refractivity contribution in [2.24, 2.45) is 5.92 Å². The lowest BCUT2D eigenvalue weighted by atomic mass is 9.81. The summed E-state index contributed by atoms with van der Waals surface area (Å²) >= 11 is 0. The van der Waals surface area contributed by atoms with Gasteiger partial charge in [-0.25, -0.2) is 9.69 Å². The van der Waals surface area contributed by atoms with Gasteiger partial charge in [0, 0.05) is 18.3 Å². The van der Waals surface area contributed by atoms with Gasteiger partial charge in [0.25, 0.3) is 0 Å². The molecule has 2 atom stereocenters. The quantitative estimate of drug-likeness (QED) is 0.458. The Hall–Kier alpha value is -3.88. The standard InChI is InChI=1S/C29H36N4O5/c1-3-4-17-30-26(34)18-20-9-13-22(14-10-20)33-28(36)24-7-5-6-8-25(24)32(29(33)37)19-27(35)31-21-11-15-23(38-2)16-12-21/h9-16,24-25H,3-8,17-19H2,1-2H3,(H,30,34)(H,31,35). The molecule has 2 aliphatic rings. The van der Waals surface area contributed by atoms with Crippen LogP contribution in [0, 0.1) is 5.92 Å². The van der Waals surface area contributed by atoms with Crippen LogP contribution in [0.3, 0.4) is 0 Å².